The van der Waals surface area contributed by atoms with Crippen molar-refractivity contribution in [1.82, 2.24) is 0 Å². The van der Waals surface area contributed by atoms with Gasteiger partial charge in [-0.05, 0) is 37.6 Å². The lowest BCUT2D eigenvalue weighted by molar-refractivity contribution is -0.246. The summed E-state index contributed by atoms with van der Waals surface area (Å²) in [5, 5.41) is 11.2. The molecule has 0 atom stereocenters. The first kappa shape index (κ1) is 15.3. The summed E-state index contributed by atoms with van der Waals surface area (Å²) in [6.07, 6.45) is 3.01. The number of unbranched alkanes of at least 4 members (excludes halogenated alkanes) is 3. The summed E-state index contributed by atoms with van der Waals surface area (Å²) in [6.45, 7) is 5.12. The number of carbonyl (C=O) groups is 1. The smallest absolute Gasteiger partial charge is 0.141 e. The monoisotopic (exact) mass is 264 g/mol. The van der Waals surface area contributed by atoms with Crippen molar-refractivity contribution in [3.63, 3.8) is 0 Å². The Labute approximate surface area is 115 Å². The Balaban J connectivity index is 2.62. The standard InChI is InChI=1S/C15H23NO3/c1-3-5-6-7-12-16(15(17)18)13-8-10-14(11-9-13)19-4-2/h8-11H,3-7,12H2,1-2H3,(H,17,18)/p-1. The number of nitrogens with zero attached hydrogens (tertiary/aromatic N) is 1. The molecule has 0 unspecified atom stereocenters. The minimum atomic E-state index is -1.15. The second kappa shape index (κ2) is 8.40. The summed E-state index contributed by atoms with van der Waals surface area (Å²) in [5.41, 5.74) is 0.639. The topological polar surface area (TPSA) is 52.6 Å². The normalized spacial score (nSPS) is 10.2. The van der Waals surface area contributed by atoms with E-state index in [0.29, 0.717) is 18.8 Å². The number of anilines is 1. The van der Waals surface area contributed by atoms with Crippen LogP contribution in [0.4, 0.5) is 10.5 Å². The van der Waals surface area contributed by atoms with Gasteiger partial charge in [-0.15, -0.1) is 0 Å². The van der Waals surface area contributed by atoms with Crippen molar-refractivity contribution in [2.45, 2.75) is 39.5 Å². The first-order valence-electron chi connectivity index (χ1n) is 6.90. The van der Waals surface area contributed by atoms with E-state index in [9.17, 15) is 9.90 Å². The van der Waals surface area contributed by atoms with Gasteiger partial charge in [0.05, 0.1) is 6.61 Å². The van der Waals surface area contributed by atoms with Crippen molar-refractivity contribution in [3.8, 4) is 5.75 Å². The summed E-state index contributed by atoms with van der Waals surface area (Å²) in [4.78, 5) is 12.4. The van der Waals surface area contributed by atoms with Crippen molar-refractivity contribution in [2.75, 3.05) is 18.1 Å². The van der Waals surface area contributed by atoms with Crippen LogP contribution in [0, 0.1) is 0 Å². The van der Waals surface area contributed by atoms with Gasteiger partial charge in [0.1, 0.15) is 11.8 Å². The number of benzene rings is 1. The first-order valence-corrected chi connectivity index (χ1v) is 6.90. The largest absolute Gasteiger partial charge is 0.530 e. The lowest BCUT2D eigenvalue weighted by atomic mass is 10.2. The molecule has 0 spiro atoms. The maximum absolute atomic E-state index is 11.2. The maximum Gasteiger partial charge on any atom is 0.141 e. The minimum Gasteiger partial charge on any atom is -0.530 e. The van der Waals surface area contributed by atoms with Crippen LogP contribution in [0.5, 0.6) is 5.75 Å². The molecule has 0 aliphatic rings. The quantitative estimate of drug-likeness (QED) is 0.678. The van der Waals surface area contributed by atoms with Gasteiger partial charge < -0.3 is 19.5 Å². The number of carbonyl (C=O) groups excluding carboxylic acids is 1. The second-order valence-electron chi connectivity index (χ2n) is 4.41. The fourth-order valence-electron chi connectivity index (χ4n) is 1.91. The van der Waals surface area contributed by atoms with Crippen LogP contribution < -0.4 is 14.7 Å². The van der Waals surface area contributed by atoms with Crippen LogP contribution in [0.15, 0.2) is 24.3 Å². The van der Waals surface area contributed by atoms with Crippen LogP contribution in [0.25, 0.3) is 0 Å². The maximum atomic E-state index is 11.2. The van der Waals surface area contributed by atoms with Gasteiger partial charge in [-0.1, -0.05) is 26.2 Å². The third-order valence-corrected chi connectivity index (χ3v) is 2.92. The molecule has 1 aromatic carbocycles. The van der Waals surface area contributed by atoms with Crippen molar-refractivity contribution in [2.24, 2.45) is 0 Å². The van der Waals surface area contributed by atoms with Crippen LogP contribution in [0.3, 0.4) is 0 Å². The second-order valence-corrected chi connectivity index (χ2v) is 4.41. The molecule has 0 radical (unpaired) electrons. The van der Waals surface area contributed by atoms with Gasteiger partial charge in [-0.25, -0.2) is 0 Å². The van der Waals surface area contributed by atoms with Crippen LogP contribution in [-0.4, -0.2) is 19.2 Å². The molecule has 0 aromatic heterocycles. The van der Waals surface area contributed by atoms with Gasteiger partial charge in [0.2, 0.25) is 0 Å². The Morgan fingerprint density at radius 3 is 2.37 bits per heavy atom. The molecule has 1 rings (SSSR count). The summed E-state index contributed by atoms with van der Waals surface area (Å²) in [5.74, 6) is 0.746. The molecule has 0 saturated heterocycles. The Morgan fingerprint density at radius 2 is 1.84 bits per heavy atom. The van der Waals surface area contributed by atoms with E-state index in [1.54, 1.807) is 24.3 Å². The van der Waals surface area contributed by atoms with Crippen LogP contribution >= 0.6 is 0 Å². The van der Waals surface area contributed by atoms with Gasteiger partial charge in [-0.2, -0.15) is 0 Å². The van der Waals surface area contributed by atoms with E-state index in [4.69, 9.17) is 4.74 Å². The van der Waals surface area contributed by atoms with Crippen molar-refractivity contribution >= 4 is 11.8 Å². The molecule has 106 valence electrons. The molecule has 1 amide bonds. The zero-order valence-corrected chi connectivity index (χ0v) is 11.7. The molecule has 0 aliphatic carbocycles. The van der Waals surface area contributed by atoms with Crippen LogP contribution in [0.1, 0.15) is 39.5 Å². The molecule has 0 fully saturated rings. The molecule has 0 bridgehead atoms. The molecular weight excluding hydrogens is 242 g/mol. The average molecular weight is 264 g/mol. The van der Waals surface area contributed by atoms with E-state index in [2.05, 4.69) is 6.92 Å². The number of rotatable bonds is 8. The predicted molar refractivity (Wildman–Crippen MR) is 74.5 cm³/mol. The number of hydrogen-bond acceptors (Lipinski definition) is 3. The zero-order valence-electron chi connectivity index (χ0n) is 11.7. The van der Waals surface area contributed by atoms with Crippen molar-refractivity contribution < 1.29 is 14.6 Å². The van der Waals surface area contributed by atoms with E-state index >= 15 is 0 Å². The number of ether oxygens (including phenoxy) is 1. The highest BCUT2D eigenvalue weighted by Crippen LogP contribution is 2.20. The molecule has 1 aromatic rings. The van der Waals surface area contributed by atoms with E-state index < -0.39 is 6.09 Å². The van der Waals surface area contributed by atoms with Gasteiger partial charge in [0.15, 0.2) is 0 Å². The van der Waals surface area contributed by atoms with Gasteiger partial charge >= 0.3 is 0 Å². The lowest BCUT2D eigenvalue weighted by Crippen LogP contribution is -2.41. The molecule has 4 heteroatoms. The molecule has 0 saturated carbocycles. The molecule has 0 N–H and O–H groups in total. The fraction of sp³-hybridized carbons (Fsp3) is 0.533. The Morgan fingerprint density at radius 1 is 1.16 bits per heavy atom. The summed E-state index contributed by atoms with van der Waals surface area (Å²) >= 11 is 0. The van der Waals surface area contributed by atoms with Crippen molar-refractivity contribution in [1.29, 1.82) is 0 Å². The van der Waals surface area contributed by atoms with E-state index in [-0.39, 0.29) is 0 Å². The Kier molecular flexibility index (Phi) is 6.79. The third kappa shape index (κ3) is 5.20. The predicted octanol–water partition coefficient (Wildman–Crippen LogP) is 2.82. The Hall–Kier alpha value is -1.71. The van der Waals surface area contributed by atoms with Crippen molar-refractivity contribution in [3.05, 3.63) is 24.3 Å². The number of carboxylic acid groups (broad SMARTS) is 1. The minimum absolute atomic E-state index is 0.482. The summed E-state index contributed by atoms with van der Waals surface area (Å²) in [7, 11) is 0. The van der Waals surface area contributed by atoms with Gasteiger partial charge in [0.25, 0.3) is 0 Å². The highest BCUT2D eigenvalue weighted by molar-refractivity contribution is 5.84. The molecule has 0 aliphatic heterocycles. The SMILES string of the molecule is CCCCCCN(C(=O)[O-])c1ccc(OCC)cc1. The highest BCUT2D eigenvalue weighted by Gasteiger charge is 2.07. The molecule has 19 heavy (non-hydrogen) atoms. The zero-order chi connectivity index (χ0) is 14.1. The van der Waals surface area contributed by atoms with E-state index in [1.807, 2.05) is 6.92 Å². The highest BCUT2D eigenvalue weighted by atomic mass is 16.5. The summed E-state index contributed by atoms with van der Waals surface area (Å²) < 4.78 is 5.33. The third-order valence-electron chi connectivity index (χ3n) is 2.92. The lowest BCUT2D eigenvalue weighted by Gasteiger charge is -2.25. The number of hydrogen-bond donors (Lipinski definition) is 0. The number of amides is 1. The average Bonchev–Trinajstić information content (AvgIpc) is 2.40. The molecular formula is C15H22NO3-. The first-order chi connectivity index (χ1) is 9.19. The molecule has 4 nitrogen and oxygen atoms in total. The van der Waals surface area contributed by atoms with Crippen LogP contribution in [-0.2, 0) is 0 Å². The molecule has 0 heterocycles. The van der Waals surface area contributed by atoms with Gasteiger partial charge in [0, 0.05) is 12.2 Å². The van der Waals surface area contributed by atoms with Gasteiger partial charge in [-0.3, -0.25) is 0 Å². The van der Waals surface area contributed by atoms with E-state index in [0.717, 1.165) is 31.4 Å². The fourth-order valence-corrected chi connectivity index (χ4v) is 1.91. The summed E-state index contributed by atoms with van der Waals surface area (Å²) in [6, 6.07) is 7.06. The van der Waals surface area contributed by atoms with E-state index in [1.165, 1.54) is 4.90 Å². The Bertz CT molecular complexity index is 375. The van der Waals surface area contributed by atoms with Crippen LogP contribution in [0.2, 0.25) is 0 Å².